The van der Waals surface area contributed by atoms with Crippen molar-refractivity contribution in [3.05, 3.63) is 35.9 Å². The van der Waals surface area contributed by atoms with Crippen LogP contribution in [0.25, 0.3) is 0 Å². The minimum atomic E-state index is 0.158. The van der Waals surface area contributed by atoms with Crippen LogP contribution in [0.3, 0.4) is 0 Å². The lowest BCUT2D eigenvalue weighted by atomic mass is 9.70. The van der Waals surface area contributed by atoms with Crippen molar-refractivity contribution in [2.45, 2.75) is 45.1 Å². The fraction of sp³-hybridized carbons (Fsp3) is 0.625. The average Bonchev–Trinajstić information content (AvgIpc) is 2.45. The molecule has 1 unspecified atom stereocenters. The first kappa shape index (κ1) is 15.2. The largest absolute Gasteiger partial charge is 0.380 e. The molecule has 0 saturated carbocycles. The van der Waals surface area contributed by atoms with Crippen LogP contribution in [0.4, 0.5) is 0 Å². The van der Waals surface area contributed by atoms with E-state index in [0.717, 1.165) is 26.1 Å². The van der Waals surface area contributed by atoms with Crippen LogP contribution in [0.2, 0.25) is 0 Å². The van der Waals surface area contributed by atoms with Gasteiger partial charge in [0.05, 0.1) is 6.61 Å². The zero-order valence-electron chi connectivity index (χ0n) is 12.2. The number of hydrogen-bond donors (Lipinski definition) is 1. The molecule has 18 heavy (non-hydrogen) atoms. The maximum atomic E-state index is 5.66. The van der Waals surface area contributed by atoms with Gasteiger partial charge in [-0.15, -0.1) is 0 Å². The van der Waals surface area contributed by atoms with Crippen molar-refractivity contribution in [3.8, 4) is 0 Å². The number of likely N-dealkylation sites (N-methyl/N-ethyl adjacent to an activating group) is 1. The van der Waals surface area contributed by atoms with Gasteiger partial charge >= 0.3 is 0 Å². The second-order valence-electron chi connectivity index (χ2n) is 4.73. The summed E-state index contributed by atoms with van der Waals surface area (Å²) in [6, 6.07) is 11.2. The molecule has 0 amide bonds. The Morgan fingerprint density at radius 2 is 1.72 bits per heavy atom. The highest BCUT2D eigenvalue weighted by Crippen LogP contribution is 2.35. The Morgan fingerprint density at radius 1 is 1.11 bits per heavy atom. The van der Waals surface area contributed by atoms with E-state index in [1.54, 1.807) is 0 Å². The summed E-state index contributed by atoms with van der Waals surface area (Å²) in [7, 11) is 2.03. The minimum Gasteiger partial charge on any atom is -0.380 e. The van der Waals surface area contributed by atoms with Gasteiger partial charge in [0.15, 0.2) is 0 Å². The zero-order chi connectivity index (χ0) is 13.4. The number of hydrogen-bond acceptors (Lipinski definition) is 2. The molecule has 0 bridgehead atoms. The molecule has 2 nitrogen and oxygen atoms in total. The second kappa shape index (κ2) is 7.55. The second-order valence-corrected chi connectivity index (χ2v) is 4.73. The van der Waals surface area contributed by atoms with Crippen molar-refractivity contribution in [1.82, 2.24) is 5.32 Å². The normalized spacial score (nSPS) is 13.6. The van der Waals surface area contributed by atoms with Gasteiger partial charge in [0.2, 0.25) is 0 Å². The minimum absolute atomic E-state index is 0.158. The highest BCUT2D eigenvalue weighted by molar-refractivity contribution is 5.27. The van der Waals surface area contributed by atoms with Crippen LogP contribution in [0.5, 0.6) is 0 Å². The van der Waals surface area contributed by atoms with E-state index >= 15 is 0 Å². The third-order valence-electron chi connectivity index (χ3n) is 4.11. The smallest absolute Gasteiger partial charge is 0.0628 e. The molecular formula is C16H27NO. The van der Waals surface area contributed by atoms with E-state index < -0.39 is 0 Å². The first-order chi connectivity index (χ1) is 8.75. The van der Waals surface area contributed by atoms with E-state index in [4.69, 9.17) is 4.74 Å². The summed E-state index contributed by atoms with van der Waals surface area (Å²) >= 11 is 0. The standard InChI is InChI=1S/C16H27NO/c1-5-16(6-2,14-11-9-8-10-12-14)15(17-4)13-18-7-3/h8-12,15,17H,5-7,13H2,1-4H3. The number of nitrogens with one attached hydrogen (secondary N) is 1. The Bertz CT molecular complexity index is 319. The van der Waals surface area contributed by atoms with E-state index in [9.17, 15) is 0 Å². The molecule has 0 aromatic heterocycles. The summed E-state index contributed by atoms with van der Waals surface area (Å²) in [5.41, 5.74) is 1.57. The summed E-state index contributed by atoms with van der Waals surface area (Å²) in [5.74, 6) is 0. The van der Waals surface area contributed by atoms with E-state index in [-0.39, 0.29) is 5.41 Å². The van der Waals surface area contributed by atoms with Gasteiger partial charge in [0.25, 0.3) is 0 Å². The lowest BCUT2D eigenvalue weighted by Gasteiger charge is -2.40. The maximum absolute atomic E-state index is 5.66. The summed E-state index contributed by atoms with van der Waals surface area (Å²) < 4.78 is 5.66. The van der Waals surface area contributed by atoms with Gasteiger partial charge in [0.1, 0.15) is 0 Å². The van der Waals surface area contributed by atoms with Crippen LogP contribution in [-0.4, -0.2) is 26.3 Å². The number of rotatable bonds is 8. The first-order valence-electron chi connectivity index (χ1n) is 7.05. The SMILES string of the molecule is CCOCC(NC)C(CC)(CC)c1ccccc1. The summed E-state index contributed by atoms with van der Waals surface area (Å²) in [6.07, 6.45) is 2.23. The lowest BCUT2D eigenvalue weighted by molar-refractivity contribution is 0.0912. The van der Waals surface area contributed by atoms with Crippen molar-refractivity contribution in [2.24, 2.45) is 0 Å². The predicted octanol–water partition coefficient (Wildman–Crippen LogP) is 3.37. The Labute approximate surface area is 112 Å². The summed E-state index contributed by atoms with van der Waals surface area (Å²) in [6.45, 7) is 8.13. The molecule has 1 rings (SSSR count). The van der Waals surface area contributed by atoms with Crippen molar-refractivity contribution in [3.63, 3.8) is 0 Å². The fourth-order valence-electron chi connectivity index (χ4n) is 2.88. The molecule has 1 aromatic carbocycles. The van der Waals surface area contributed by atoms with Crippen LogP contribution in [0.15, 0.2) is 30.3 Å². The average molecular weight is 249 g/mol. The topological polar surface area (TPSA) is 21.3 Å². The van der Waals surface area contributed by atoms with Gasteiger partial charge in [-0.05, 0) is 32.4 Å². The third kappa shape index (κ3) is 3.12. The van der Waals surface area contributed by atoms with Crippen molar-refractivity contribution in [1.29, 1.82) is 0 Å². The summed E-state index contributed by atoms with van der Waals surface area (Å²) in [5, 5.41) is 3.45. The molecule has 0 heterocycles. The van der Waals surface area contributed by atoms with Crippen LogP contribution in [-0.2, 0) is 10.2 Å². The molecule has 0 radical (unpaired) electrons. The van der Waals surface area contributed by atoms with Crippen LogP contribution in [0.1, 0.15) is 39.2 Å². The molecule has 1 atom stereocenters. The Balaban J connectivity index is 3.04. The quantitative estimate of drug-likeness (QED) is 0.762. The van der Waals surface area contributed by atoms with Gasteiger partial charge in [-0.3, -0.25) is 0 Å². The molecule has 102 valence electrons. The van der Waals surface area contributed by atoms with Crippen LogP contribution < -0.4 is 5.32 Å². The molecule has 0 saturated heterocycles. The fourth-order valence-corrected chi connectivity index (χ4v) is 2.88. The Morgan fingerprint density at radius 3 is 2.17 bits per heavy atom. The van der Waals surface area contributed by atoms with E-state index in [2.05, 4.69) is 56.4 Å². The molecule has 1 N–H and O–H groups in total. The molecule has 2 heteroatoms. The van der Waals surface area contributed by atoms with Crippen molar-refractivity contribution in [2.75, 3.05) is 20.3 Å². The molecular weight excluding hydrogens is 222 g/mol. The summed E-state index contributed by atoms with van der Waals surface area (Å²) in [4.78, 5) is 0. The molecule has 0 aliphatic heterocycles. The molecule has 1 aromatic rings. The molecule has 0 fully saturated rings. The predicted molar refractivity (Wildman–Crippen MR) is 78.0 cm³/mol. The maximum Gasteiger partial charge on any atom is 0.0628 e. The highest BCUT2D eigenvalue weighted by Gasteiger charge is 2.36. The zero-order valence-corrected chi connectivity index (χ0v) is 12.2. The van der Waals surface area contributed by atoms with Crippen LogP contribution >= 0.6 is 0 Å². The van der Waals surface area contributed by atoms with Crippen molar-refractivity contribution >= 4 is 0 Å². The van der Waals surface area contributed by atoms with Gasteiger partial charge < -0.3 is 10.1 Å². The Hall–Kier alpha value is -0.860. The van der Waals surface area contributed by atoms with Gasteiger partial charge in [-0.2, -0.15) is 0 Å². The van der Waals surface area contributed by atoms with Crippen molar-refractivity contribution < 1.29 is 4.74 Å². The first-order valence-corrected chi connectivity index (χ1v) is 7.05. The lowest BCUT2D eigenvalue weighted by Crippen LogP contribution is -2.49. The number of benzene rings is 1. The van der Waals surface area contributed by atoms with E-state index in [1.165, 1.54) is 5.56 Å². The molecule has 0 spiro atoms. The van der Waals surface area contributed by atoms with E-state index in [1.807, 2.05) is 7.05 Å². The third-order valence-corrected chi connectivity index (χ3v) is 4.11. The monoisotopic (exact) mass is 249 g/mol. The number of ether oxygens (including phenoxy) is 1. The molecule has 0 aliphatic carbocycles. The Kier molecular flexibility index (Phi) is 6.37. The van der Waals surface area contributed by atoms with E-state index in [0.29, 0.717) is 6.04 Å². The van der Waals surface area contributed by atoms with Gasteiger partial charge in [-0.25, -0.2) is 0 Å². The highest BCUT2D eigenvalue weighted by atomic mass is 16.5. The van der Waals surface area contributed by atoms with Gasteiger partial charge in [-0.1, -0.05) is 44.2 Å². The van der Waals surface area contributed by atoms with Gasteiger partial charge in [0, 0.05) is 18.1 Å². The molecule has 0 aliphatic rings. The van der Waals surface area contributed by atoms with Crippen LogP contribution in [0, 0.1) is 0 Å².